The Morgan fingerprint density at radius 2 is 1.62 bits per heavy atom. The minimum absolute atomic E-state index is 0.180. The number of fused-ring (bicyclic) bond motifs is 5. The Morgan fingerprint density at radius 3 is 2.25 bits per heavy atom. The fourth-order valence-electron chi connectivity index (χ4n) is 8.53. The average molecular weight is 589 g/mol. The number of allylic oxidation sites excluding steroid dienone is 1. The number of aryl methyl sites for hydroxylation is 2. The molecule has 0 amide bonds. The highest BCUT2D eigenvalue weighted by Gasteiger charge is 2.72. The van der Waals surface area contributed by atoms with Gasteiger partial charge in [-0.25, -0.2) is 0 Å². The molecule has 40 heavy (non-hydrogen) atoms. The van der Waals surface area contributed by atoms with Gasteiger partial charge in [-0.2, -0.15) is 26.3 Å². The topological polar surface area (TPSA) is 9.23 Å². The second-order valence-corrected chi connectivity index (χ2v) is 18.4. The Balaban J connectivity index is 1.35. The molecule has 0 unspecified atom stereocenters. The maximum Gasteiger partial charge on any atom is 0.425 e. The molecule has 1 aromatic carbocycles. The van der Waals surface area contributed by atoms with Crippen LogP contribution in [0.2, 0.25) is 19.6 Å². The molecule has 1 aromatic rings. The highest BCUT2D eigenvalue weighted by molar-refractivity contribution is 6.69. The molecule has 0 aromatic heterocycles. The van der Waals surface area contributed by atoms with E-state index in [2.05, 4.69) is 37.8 Å². The zero-order chi connectivity index (χ0) is 29.6. The van der Waals surface area contributed by atoms with Crippen molar-refractivity contribution in [1.29, 1.82) is 0 Å². The van der Waals surface area contributed by atoms with Gasteiger partial charge in [0.15, 0.2) is 8.32 Å². The third-order valence-electron chi connectivity index (χ3n) is 10.3. The Bertz CT molecular complexity index is 1040. The van der Waals surface area contributed by atoms with Crippen molar-refractivity contribution in [3.63, 3.8) is 0 Å². The van der Waals surface area contributed by atoms with E-state index in [0.29, 0.717) is 30.1 Å². The number of rotatable bonds is 10. The van der Waals surface area contributed by atoms with Crippen molar-refractivity contribution in [1.82, 2.24) is 0 Å². The summed E-state index contributed by atoms with van der Waals surface area (Å²) in [6.07, 6.45) is 0.967. The molecule has 3 aliphatic carbocycles. The molecule has 3 aliphatic rings. The predicted octanol–water partition coefficient (Wildman–Crippen LogP) is 10.7. The molecule has 0 bridgehead atoms. The highest BCUT2D eigenvalue weighted by Crippen LogP contribution is 2.67. The number of hydrogen-bond donors (Lipinski definition) is 0. The van der Waals surface area contributed by atoms with Crippen molar-refractivity contribution >= 4 is 8.32 Å². The second kappa shape index (κ2) is 11.1. The zero-order valence-electron chi connectivity index (χ0n) is 24.5. The maximum atomic E-state index is 13.7. The summed E-state index contributed by atoms with van der Waals surface area (Å²) in [5.74, 6) is 1.22. The van der Waals surface area contributed by atoms with Gasteiger partial charge in [0, 0.05) is 0 Å². The van der Waals surface area contributed by atoms with Crippen molar-refractivity contribution < 1.29 is 30.8 Å². The van der Waals surface area contributed by atoms with E-state index in [0.717, 1.165) is 25.7 Å². The molecule has 4 rings (SSSR count). The van der Waals surface area contributed by atoms with Crippen molar-refractivity contribution in [2.45, 2.75) is 134 Å². The number of hydrogen-bond acceptors (Lipinski definition) is 1. The first-order valence-electron chi connectivity index (χ1n) is 15.1. The van der Waals surface area contributed by atoms with Crippen molar-refractivity contribution in [2.24, 2.45) is 16.7 Å². The van der Waals surface area contributed by atoms with E-state index in [1.807, 2.05) is 0 Å². The Morgan fingerprint density at radius 1 is 0.950 bits per heavy atom. The van der Waals surface area contributed by atoms with Crippen LogP contribution < -0.4 is 0 Å². The average Bonchev–Trinajstić information content (AvgIpc) is 3.25. The molecule has 1 nitrogen and oxygen atoms in total. The van der Waals surface area contributed by atoms with Crippen LogP contribution in [0, 0.1) is 16.7 Å². The van der Waals surface area contributed by atoms with E-state index in [-0.39, 0.29) is 11.8 Å². The first kappa shape index (κ1) is 31.6. The lowest BCUT2D eigenvalue weighted by Gasteiger charge is -2.56. The monoisotopic (exact) mass is 588 g/mol. The highest BCUT2D eigenvalue weighted by atomic mass is 28.4. The van der Waals surface area contributed by atoms with Gasteiger partial charge in [0.2, 0.25) is 5.60 Å². The number of unbranched alkanes of at least 4 members (excludes halogenated alkanes) is 3. The third-order valence-corrected chi connectivity index (χ3v) is 11.3. The lowest BCUT2D eigenvalue weighted by atomic mass is 9.47. The summed E-state index contributed by atoms with van der Waals surface area (Å²) in [5.41, 5.74) is 0.598. The normalized spacial score (nSPS) is 29.1. The van der Waals surface area contributed by atoms with Crippen LogP contribution in [-0.4, -0.2) is 26.3 Å². The van der Waals surface area contributed by atoms with Crippen LogP contribution in [0.25, 0.3) is 0 Å². The number of alkyl halides is 6. The van der Waals surface area contributed by atoms with E-state index in [1.54, 1.807) is 0 Å². The SMILES string of the molecule is C=C[C@@]12CCc3cc(CCCCCCC(O[Si](C)(C)C)(C(F)(F)F)C(F)(F)F)ccc3[C@H]1CC[C@]1(C)CCC[C@H]12. The molecule has 4 atom stereocenters. The first-order valence-corrected chi connectivity index (χ1v) is 18.5. The molecule has 2 fully saturated rings. The summed E-state index contributed by atoms with van der Waals surface area (Å²) in [6.45, 7) is 10.9. The quantitative estimate of drug-likeness (QED) is 0.114. The maximum absolute atomic E-state index is 13.7. The summed E-state index contributed by atoms with van der Waals surface area (Å²) >= 11 is 0. The lowest BCUT2D eigenvalue weighted by Crippen LogP contribution is -2.62. The molecular formula is C32H46F6OSi. The van der Waals surface area contributed by atoms with Gasteiger partial charge in [-0.05, 0) is 123 Å². The molecule has 0 aliphatic heterocycles. The van der Waals surface area contributed by atoms with Crippen molar-refractivity contribution in [3.8, 4) is 0 Å². The van der Waals surface area contributed by atoms with Gasteiger partial charge in [0.1, 0.15) is 0 Å². The Labute approximate surface area is 237 Å². The Kier molecular flexibility index (Phi) is 8.77. The van der Waals surface area contributed by atoms with Crippen molar-refractivity contribution in [3.05, 3.63) is 47.5 Å². The van der Waals surface area contributed by atoms with Crippen LogP contribution in [-0.2, 0) is 17.3 Å². The van der Waals surface area contributed by atoms with Crippen molar-refractivity contribution in [2.75, 3.05) is 0 Å². The smallest absolute Gasteiger partial charge is 0.397 e. The van der Waals surface area contributed by atoms with Gasteiger partial charge in [-0.1, -0.05) is 50.5 Å². The number of halogens is 6. The van der Waals surface area contributed by atoms with E-state index < -0.39 is 32.7 Å². The molecule has 0 saturated heterocycles. The van der Waals surface area contributed by atoms with Crippen LogP contribution in [0.4, 0.5) is 26.3 Å². The second-order valence-electron chi connectivity index (χ2n) is 14.0. The minimum atomic E-state index is -5.51. The third kappa shape index (κ3) is 5.82. The summed E-state index contributed by atoms with van der Waals surface area (Å²) in [4.78, 5) is 0. The first-order chi connectivity index (χ1) is 18.5. The van der Waals surface area contributed by atoms with Crippen LogP contribution in [0.15, 0.2) is 30.9 Å². The van der Waals surface area contributed by atoms with Gasteiger partial charge >= 0.3 is 12.4 Å². The van der Waals surface area contributed by atoms with E-state index in [4.69, 9.17) is 4.43 Å². The Hall–Kier alpha value is -1.28. The molecule has 2 saturated carbocycles. The van der Waals surface area contributed by atoms with E-state index in [1.165, 1.54) is 68.4 Å². The van der Waals surface area contributed by atoms with E-state index >= 15 is 0 Å². The van der Waals surface area contributed by atoms with E-state index in [9.17, 15) is 26.3 Å². The lowest BCUT2D eigenvalue weighted by molar-refractivity contribution is -0.362. The van der Waals surface area contributed by atoms with Gasteiger partial charge < -0.3 is 4.43 Å². The van der Waals surface area contributed by atoms with Crippen LogP contribution in [0.5, 0.6) is 0 Å². The summed E-state index contributed by atoms with van der Waals surface area (Å²) in [5, 5.41) is 0. The summed E-state index contributed by atoms with van der Waals surface area (Å²) in [6, 6.07) is 6.77. The standard InChI is InChI=1S/C32H46F6OSi/c1-6-29-21-16-24-22-23(14-15-25(24)26(29)17-20-28(2)18-11-13-27(28)29)12-9-7-8-10-19-30(31(33,34)35,32(36,37)38)39-40(3,4)5/h6,14-15,22,26-27H,1,7-13,16-21H2,2-5H3/t26-,27-,28+,29-/m1/s1. The van der Waals surface area contributed by atoms with Crippen LogP contribution >= 0.6 is 0 Å². The zero-order valence-corrected chi connectivity index (χ0v) is 25.5. The largest absolute Gasteiger partial charge is 0.425 e. The summed E-state index contributed by atoms with van der Waals surface area (Å²) < 4.78 is 87.3. The molecule has 0 N–H and O–H groups in total. The molecule has 0 radical (unpaired) electrons. The molecule has 226 valence electrons. The fraction of sp³-hybridized carbons (Fsp3) is 0.750. The van der Waals surface area contributed by atoms with Gasteiger partial charge in [0.25, 0.3) is 0 Å². The van der Waals surface area contributed by atoms with Gasteiger partial charge in [-0.15, -0.1) is 6.58 Å². The minimum Gasteiger partial charge on any atom is -0.397 e. The van der Waals surface area contributed by atoms with Gasteiger partial charge in [-0.3, -0.25) is 0 Å². The molecule has 0 spiro atoms. The van der Waals surface area contributed by atoms with Crippen LogP contribution in [0.3, 0.4) is 0 Å². The van der Waals surface area contributed by atoms with Gasteiger partial charge in [0.05, 0.1) is 0 Å². The molecule has 8 heteroatoms. The predicted molar refractivity (Wildman–Crippen MR) is 151 cm³/mol. The van der Waals surface area contributed by atoms with Crippen LogP contribution in [0.1, 0.15) is 100 Å². The number of benzene rings is 1. The summed E-state index contributed by atoms with van der Waals surface area (Å²) in [7, 11) is -3.12. The molecule has 0 heterocycles. The molecular weight excluding hydrogens is 542 g/mol. The fourth-order valence-corrected chi connectivity index (χ4v) is 9.91.